The maximum Gasteiger partial charge on any atom is 0.408 e. The predicted octanol–water partition coefficient (Wildman–Crippen LogP) is 5.34. The summed E-state index contributed by atoms with van der Waals surface area (Å²) in [4.78, 5) is 38.9. The van der Waals surface area contributed by atoms with Gasteiger partial charge in [0.05, 0.1) is 6.42 Å². The van der Waals surface area contributed by atoms with Gasteiger partial charge in [-0.05, 0) is 69.0 Å². The molecule has 200 valence electrons. The predicted molar refractivity (Wildman–Crippen MR) is 141 cm³/mol. The highest BCUT2D eigenvalue weighted by Crippen LogP contribution is 2.26. The van der Waals surface area contributed by atoms with Crippen molar-refractivity contribution in [1.29, 1.82) is 0 Å². The van der Waals surface area contributed by atoms with Crippen molar-refractivity contribution < 1.29 is 29.0 Å². The van der Waals surface area contributed by atoms with Gasteiger partial charge in [0.15, 0.2) is 0 Å². The summed E-state index contributed by atoms with van der Waals surface area (Å²) >= 11 is 5.97. The maximum absolute atomic E-state index is 13.5. The van der Waals surface area contributed by atoms with E-state index >= 15 is 0 Å². The number of carboxylic acids is 1. The van der Waals surface area contributed by atoms with Gasteiger partial charge in [-0.15, -0.1) is 0 Å². The molecule has 1 fully saturated rings. The topological polar surface area (TPSA) is 105 Å². The number of benzene rings is 2. The van der Waals surface area contributed by atoms with Crippen molar-refractivity contribution in [3.05, 3.63) is 64.2 Å². The quantitative estimate of drug-likeness (QED) is 0.477. The Morgan fingerprint density at radius 2 is 1.78 bits per heavy atom. The number of halogens is 1. The summed E-state index contributed by atoms with van der Waals surface area (Å²) in [5, 5.41) is 12.6. The normalized spacial score (nSPS) is 16.5. The minimum absolute atomic E-state index is 0.138. The fourth-order valence-corrected chi connectivity index (χ4v) is 4.28. The third kappa shape index (κ3) is 9.28. The lowest BCUT2D eigenvalue weighted by Crippen LogP contribution is -2.50. The van der Waals surface area contributed by atoms with Gasteiger partial charge >= 0.3 is 12.1 Å². The highest BCUT2D eigenvalue weighted by atomic mass is 35.5. The second-order valence-corrected chi connectivity index (χ2v) is 10.7. The van der Waals surface area contributed by atoms with E-state index < -0.39 is 23.7 Å². The molecule has 2 aromatic rings. The Morgan fingerprint density at radius 1 is 1.08 bits per heavy atom. The van der Waals surface area contributed by atoms with Gasteiger partial charge in [0, 0.05) is 23.7 Å². The molecule has 2 N–H and O–H groups in total. The first-order valence-corrected chi connectivity index (χ1v) is 12.9. The van der Waals surface area contributed by atoms with E-state index in [0.29, 0.717) is 41.5 Å². The number of carbonyl (C=O) groups is 3. The van der Waals surface area contributed by atoms with Crippen LogP contribution in [0.4, 0.5) is 4.79 Å². The zero-order valence-corrected chi connectivity index (χ0v) is 22.3. The fraction of sp³-hybridized carbons (Fsp3) is 0.464. The lowest BCUT2D eigenvalue weighted by molar-refractivity contribution is -0.136. The second kappa shape index (κ2) is 12.8. The van der Waals surface area contributed by atoms with Crippen LogP contribution < -0.4 is 10.1 Å². The Labute approximate surface area is 222 Å². The summed E-state index contributed by atoms with van der Waals surface area (Å²) in [6.07, 6.45) is 2.34. The van der Waals surface area contributed by atoms with Crippen molar-refractivity contribution in [2.24, 2.45) is 0 Å². The van der Waals surface area contributed by atoms with Gasteiger partial charge in [-0.3, -0.25) is 9.59 Å². The molecule has 0 spiro atoms. The number of rotatable bonds is 8. The lowest BCUT2D eigenvalue weighted by Gasteiger charge is -2.31. The molecule has 0 saturated carbocycles. The molecule has 0 radical (unpaired) electrons. The highest BCUT2D eigenvalue weighted by Gasteiger charge is 2.29. The molecule has 3 rings (SSSR count). The van der Waals surface area contributed by atoms with Crippen molar-refractivity contribution in [2.75, 3.05) is 6.54 Å². The van der Waals surface area contributed by atoms with Crippen LogP contribution in [0, 0.1) is 0 Å². The zero-order chi connectivity index (χ0) is 27.0. The average Bonchev–Trinajstić information content (AvgIpc) is 2.80. The number of ether oxygens (including phenoxy) is 2. The molecule has 1 atom stereocenters. The minimum Gasteiger partial charge on any atom is -0.489 e. The number of aliphatic carboxylic acids is 1. The molecule has 1 saturated heterocycles. The van der Waals surface area contributed by atoms with Crippen LogP contribution in [0.2, 0.25) is 5.02 Å². The van der Waals surface area contributed by atoms with Gasteiger partial charge in [0.25, 0.3) is 0 Å². The number of carboxylic acid groups (broad SMARTS) is 1. The van der Waals surface area contributed by atoms with E-state index in [0.717, 1.165) is 24.8 Å². The Balaban J connectivity index is 1.81. The molecule has 0 aromatic heterocycles. The third-order valence-corrected chi connectivity index (χ3v) is 6.12. The number of likely N-dealkylation sites (tertiary alicyclic amines) is 1. The molecule has 0 aliphatic carbocycles. The van der Waals surface area contributed by atoms with Crippen LogP contribution >= 0.6 is 11.6 Å². The smallest absolute Gasteiger partial charge is 0.408 e. The fourth-order valence-electron chi connectivity index (χ4n) is 4.15. The summed E-state index contributed by atoms with van der Waals surface area (Å²) in [6, 6.07) is 11.8. The first kappa shape index (κ1) is 28.3. The number of nitrogens with one attached hydrogen (secondary N) is 1. The Hall–Kier alpha value is -3.26. The van der Waals surface area contributed by atoms with E-state index in [2.05, 4.69) is 5.32 Å². The van der Waals surface area contributed by atoms with E-state index in [1.807, 2.05) is 12.1 Å². The van der Waals surface area contributed by atoms with Gasteiger partial charge in [0.2, 0.25) is 5.91 Å². The SMILES string of the molecule is CC(C)(C)OC(=O)NC1CCCCCN(Cc2cc(CC(=O)O)ccc2OCc2ccc(Cl)cc2)C1=O. The van der Waals surface area contributed by atoms with Crippen LogP contribution in [0.5, 0.6) is 5.75 Å². The molecule has 1 unspecified atom stereocenters. The average molecular weight is 531 g/mol. The molecule has 1 aliphatic heterocycles. The molecule has 2 aromatic carbocycles. The number of alkyl carbamates (subject to hydrolysis) is 1. The standard InChI is InChI=1S/C28H35ClN2O6/c1-28(2,3)37-27(35)30-23-7-5-4-6-14-31(26(23)34)17-21-15-20(16-25(32)33)10-13-24(21)36-18-19-8-11-22(29)12-9-19/h8-13,15,23H,4-7,14,16-18H2,1-3H3,(H,30,35)(H,32,33). The third-order valence-electron chi connectivity index (χ3n) is 5.87. The molecular formula is C28H35ClN2O6. The molecule has 8 nitrogen and oxygen atoms in total. The maximum atomic E-state index is 13.5. The van der Waals surface area contributed by atoms with Gasteiger partial charge in [0.1, 0.15) is 24.0 Å². The van der Waals surface area contributed by atoms with Crippen molar-refractivity contribution in [2.45, 2.75) is 77.7 Å². The van der Waals surface area contributed by atoms with Crippen molar-refractivity contribution in [3.8, 4) is 5.75 Å². The van der Waals surface area contributed by atoms with Crippen LogP contribution in [0.25, 0.3) is 0 Å². The van der Waals surface area contributed by atoms with Crippen molar-refractivity contribution in [3.63, 3.8) is 0 Å². The molecule has 9 heteroatoms. The number of nitrogens with zero attached hydrogens (tertiary/aromatic N) is 1. The van der Waals surface area contributed by atoms with Crippen LogP contribution in [-0.4, -0.2) is 46.2 Å². The summed E-state index contributed by atoms with van der Waals surface area (Å²) in [6.45, 7) is 6.36. The Bertz CT molecular complexity index is 1100. The largest absolute Gasteiger partial charge is 0.489 e. The van der Waals surface area contributed by atoms with E-state index in [-0.39, 0.29) is 18.9 Å². The number of hydrogen-bond donors (Lipinski definition) is 2. The minimum atomic E-state index is -0.940. The van der Waals surface area contributed by atoms with Crippen LogP contribution in [0.15, 0.2) is 42.5 Å². The Morgan fingerprint density at radius 3 is 2.46 bits per heavy atom. The number of hydrogen-bond acceptors (Lipinski definition) is 5. The zero-order valence-electron chi connectivity index (χ0n) is 21.6. The molecule has 0 bridgehead atoms. The van der Waals surface area contributed by atoms with E-state index in [1.165, 1.54) is 0 Å². The van der Waals surface area contributed by atoms with Crippen LogP contribution in [-0.2, 0) is 33.9 Å². The second-order valence-electron chi connectivity index (χ2n) is 10.2. The summed E-state index contributed by atoms with van der Waals surface area (Å²) in [5.41, 5.74) is 1.57. The van der Waals surface area contributed by atoms with Crippen LogP contribution in [0.1, 0.15) is 63.1 Å². The van der Waals surface area contributed by atoms with Crippen LogP contribution in [0.3, 0.4) is 0 Å². The molecule has 1 heterocycles. The molecule has 1 aliphatic rings. The van der Waals surface area contributed by atoms with Crippen molar-refractivity contribution >= 4 is 29.6 Å². The first-order valence-electron chi connectivity index (χ1n) is 12.5. The van der Waals surface area contributed by atoms with E-state index in [9.17, 15) is 19.5 Å². The Kier molecular flexibility index (Phi) is 9.80. The highest BCUT2D eigenvalue weighted by molar-refractivity contribution is 6.30. The number of amides is 2. The van der Waals surface area contributed by atoms with Gasteiger partial charge in [-0.25, -0.2) is 4.79 Å². The number of carbonyl (C=O) groups excluding carboxylic acids is 2. The summed E-state index contributed by atoms with van der Waals surface area (Å²) in [7, 11) is 0. The van der Waals surface area contributed by atoms with E-state index in [4.69, 9.17) is 21.1 Å². The molecule has 2 amide bonds. The summed E-state index contributed by atoms with van der Waals surface area (Å²) in [5.74, 6) is -0.571. The van der Waals surface area contributed by atoms with E-state index in [1.54, 1.807) is 56.0 Å². The first-order chi connectivity index (χ1) is 17.5. The summed E-state index contributed by atoms with van der Waals surface area (Å²) < 4.78 is 11.4. The van der Waals surface area contributed by atoms with Gasteiger partial charge in [-0.2, -0.15) is 0 Å². The van der Waals surface area contributed by atoms with Gasteiger partial charge < -0.3 is 24.8 Å². The van der Waals surface area contributed by atoms with Crippen molar-refractivity contribution in [1.82, 2.24) is 10.2 Å². The van der Waals surface area contributed by atoms with Gasteiger partial charge in [-0.1, -0.05) is 42.6 Å². The molecular weight excluding hydrogens is 496 g/mol. The lowest BCUT2D eigenvalue weighted by atomic mass is 10.0. The molecule has 37 heavy (non-hydrogen) atoms. The monoisotopic (exact) mass is 530 g/mol.